The van der Waals surface area contributed by atoms with Gasteiger partial charge in [0.1, 0.15) is 0 Å². The van der Waals surface area contributed by atoms with Gasteiger partial charge in [0.05, 0.1) is 17.0 Å². The summed E-state index contributed by atoms with van der Waals surface area (Å²) in [4.78, 5) is 32.2. The number of hydrogen-bond acceptors (Lipinski definition) is 2. The Bertz CT molecular complexity index is 1280. The van der Waals surface area contributed by atoms with Crippen molar-refractivity contribution in [2.24, 2.45) is 0 Å². The van der Waals surface area contributed by atoms with E-state index in [-0.39, 0.29) is 16.7 Å². The van der Waals surface area contributed by atoms with Gasteiger partial charge in [0.25, 0.3) is 11.5 Å². The van der Waals surface area contributed by atoms with Crippen molar-refractivity contribution in [1.82, 2.24) is 14.9 Å². The number of rotatable bonds is 3. The zero-order valence-electron chi connectivity index (χ0n) is 15.2. The first kappa shape index (κ1) is 17.9. The number of pyridine rings is 1. The highest BCUT2D eigenvalue weighted by Gasteiger charge is 2.24. The Labute approximate surface area is 158 Å². The van der Waals surface area contributed by atoms with E-state index in [1.54, 1.807) is 20.2 Å². The predicted octanol–water partition coefficient (Wildman–Crippen LogP) is 4.12. The molecule has 4 aromatic rings. The average molecular weight is 381 g/mol. The van der Waals surface area contributed by atoms with Gasteiger partial charge >= 0.3 is 0 Å². The Balaban J connectivity index is 1.78. The molecule has 0 aliphatic heterocycles. The molecule has 0 aliphatic carbocycles. The van der Waals surface area contributed by atoms with Crippen molar-refractivity contribution in [3.8, 4) is 0 Å². The summed E-state index contributed by atoms with van der Waals surface area (Å²) in [5.41, 5.74) is 1.36. The third kappa shape index (κ3) is 2.76. The molecule has 0 radical (unpaired) electrons. The summed E-state index contributed by atoms with van der Waals surface area (Å²) in [5.74, 6) is -2.37. The number of nitrogens with one attached hydrogen (secondary N) is 2. The minimum absolute atomic E-state index is 0.0381. The van der Waals surface area contributed by atoms with Crippen molar-refractivity contribution >= 4 is 27.6 Å². The van der Waals surface area contributed by atoms with Crippen LogP contribution in [0.1, 0.15) is 28.9 Å². The van der Waals surface area contributed by atoms with Gasteiger partial charge in [-0.2, -0.15) is 0 Å². The average Bonchev–Trinajstić information content (AvgIpc) is 3.12. The van der Waals surface area contributed by atoms with Crippen LogP contribution in [0.15, 0.2) is 53.6 Å². The van der Waals surface area contributed by atoms with Crippen LogP contribution in [0.4, 0.5) is 8.78 Å². The van der Waals surface area contributed by atoms with Crippen LogP contribution in [-0.2, 0) is 0 Å². The third-order valence-corrected chi connectivity index (χ3v) is 5.15. The van der Waals surface area contributed by atoms with Crippen molar-refractivity contribution in [1.29, 1.82) is 0 Å². The second-order valence-electron chi connectivity index (χ2n) is 6.73. The molecular formula is C21H17F2N3O2. The first-order valence-corrected chi connectivity index (χ1v) is 8.72. The molecule has 2 aromatic heterocycles. The van der Waals surface area contributed by atoms with Crippen LogP contribution in [0.25, 0.3) is 21.7 Å². The molecule has 5 nitrogen and oxygen atoms in total. The number of nitrogens with zero attached hydrogens (tertiary/aromatic N) is 1. The molecule has 7 heteroatoms. The summed E-state index contributed by atoms with van der Waals surface area (Å²) >= 11 is 0. The number of carbonyl (C=O) groups is 1. The van der Waals surface area contributed by atoms with Crippen LogP contribution in [0.3, 0.4) is 0 Å². The summed E-state index contributed by atoms with van der Waals surface area (Å²) in [6.07, 6.45) is 3.09. The summed E-state index contributed by atoms with van der Waals surface area (Å²) in [6, 6.07) is 8.83. The molecule has 0 spiro atoms. The van der Waals surface area contributed by atoms with E-state index in [0.29, 0.717) is 11.1 Å². The quantitative estimate of drug-likeness (QED) is 0.560. The summed E-state index contributed by atoms with van der Waals surface area (Å²) in [7, 11) is 1.63. The van der Waals surface area contributed by atoms with E-state index in [0.717, 1.165) is 23.0 Å². The summed E-state index contributed by atoms with van der Waals surface area (Å²) in [6.45, 7) is 1.76. The number of hydrogen-bond donors (Lipinski definition) is 2. The van der Waals surface area contributed by atoms with Crippen LogP contribution < -0.4 is 5.56 Å². The molecule has 2 aromatic carbocycles. The number of benzene rings is 2. The van der Waals surface area contributed by atoms with Gasteiger partial charge in [0.2, 0.25) is 0 Å². The molecule has 1 unspecified atom stereocenters. The predicted molar refractivity (Wildman–Crippen MR) is 103 cm³/mol. The lowest BCUT2D eigenvalue weighted by Gasteiger charge is -2.26. The standard InChI is InChI=1S/C21H17F2N3O2/c1-11(15-9-25-20(27)14-8-18(23)17(22)7-13(14)15)26(2)21(28)16-10-24-19-6-4-3-5-12(16)19/h3-11,24H,1-2H3,(H,25,27). The highest BCUT2D eigenvalue weighted by atomic mass is 19.2. The molecule has 1 amide bonds. The maximum absolute atomic E-state index is 13.8. The third-order valence-electron chi connectivity index (χ3n) is 5.15. The second kappa shape index (κ2) is 6.60. The van der Waals surface area contributed by atoms with Gasteiger partial charge in [0.15, 0.2) is 11.6 Å². The van der Waals surface area contributed by atoms with Crippen LogP contribution in [0.5, 0.6) is 0 Å². The van der Waals surface area contributed by atoms with Crippen molar-refractivity contribution < 1.29 is 13.6 Å². The Morgan fingerprint density at radius 2 is 1.68 bits per heavy atom. The SMILES string of the molecule is CC(c1c[nH]c(=O)c2cc(F)c(F)cc12)N(C)C(=O)c1c[nH]c2ccccc12. The lowest BCUT2D eigenvalue weighted by molar-refractivity contribution is 0.0745. The van der Waals surface area contributed by atoms with E-state index in [1.165, 1.54) is 11.1 Å². The van der Waals surface area contributed by atoms with E-state index in [2.05, 4.69) is 9.97 Å². The molecule has 2 N–H and O–H groups in total. The highest BCUT2D eigenvalue weighted by molar-refractivity contribution is 6.06. The Morgan fingerprint density at radius 1 is 1.00 bits per heavy atom. The molecule has 0 aliphatic rings. The van der Waals surface area contributed by atoms with Gasteiger partial charge in [-0.05, 0) is 36.1 Å². The fourth-order valence-electron chi connectivity index (χ4n) is 3.44. The molecule has 0 saturated heterocycles. The van der Waals surface area contributed by atoms with E-state index in [4.69, 9.17) is 0 Å². The number of fused-ring (bicyclic) bond motifs is 2. The van der Waals surface area contributed by atoms with E-state index >= 15 is 0 Å². The number of aromatic amines is 2. The van der Waals surface area contributed by atoms with Crippen LogP contribution in [0.2, 0.25) is 0 Å². The molecular weight excluding hydrogens is 364 g/mol. The monoisotopic (exact) mass is 381 g/mol. The Morgan fingerprint density at radius 3 is 2.43 bits per heavy atom. The van der Waals surface area contributed by atoms with Gasteiger partial charge in [-0.15, -0.1) is 0 Å². The van der Waals surface area contributed by atoms with Crippen molar-refractivity contribution in [3.63, 3.8) is 0 Å². The molecule has 0 fully saturated rings. The zero-order chi connectivity index (χ0) is 20.0. The molecule has 28 heavy (non-hydrogen) atoms. The largest absolute Gasteiger partial charge is 0.360 e. The number of H-pyrrole nitrogens is 2. The molecule has 0 bridgehead atoms. The first-order valence-electron chi connectivity index (χ1n) is 8.72. The molecule has 4 rings (SSSR count). The highest BCUT2D eigenvalue weighted by Crippen LogP contribution is 2.29. The van der Waals surface area contributed by atoms with Gasteiger partial charge < -0.3 is 14.9 Å². The second-order valence-corrected chi connectivity index (χ2v) is 6.73. The fourth-order valence-corrected chi connectivity index (χ4v) is 3.44. The van der Waals surface area contributed by atoms with Gasteiger partial charge in [-0.25, -0.2) is 8.78 Å². The number of para-hydroxylation sites is 1. The van der Waals surface area contributed by atoms with Gasteiger partial charge in [-0.1, -0.05) is 18.2 Å². The smallest absolute Gasteiger partial charge is 0.256 e. The molecule has 142 valence electrons. The molecule has 1 atom stereocenters. The first-order chi connectivity index (χ1) is 13.4. The fraction of sp³-hybridized carbons (Fsp3) is 0.143. The summed E-state index contributed by atoms with van der Waals surface area (Å²) in [5, 5.41) is 1.11. The lowest BCUT2D eigenvalue weighted by Crippen LogP contribution is -2.30. The number of halogens is 2. The topological polar surface area (TPSA) is 69.0 Å². The normalized spacial score (nSPS) is 12.4. The molecule has 0 saturated carbocycles. The van der Waals surface area contributed by atoms with Crippen LogP contribution in [0, 0.1) is 11.6 Å². The van der Waals surface area contributed by atoms with E-state index < -0.39 is 23.2 Å². The number of aromatic nitrogens is 2. The molecule has 2 heterocycles. The van der Waals surface area contributed by atoms with Gasteiger partial charge in [0, 0.05) is 30.3 Å². The Kier molecular flexibility index (Phi) is 4.22. The van der Waals surface area contributed by atoms with Gasteiger partial charge in [-0.3, -0.25) is 9.59 Å². The maximum atomic E-state index is 13.8. The Hall–Kier alpha value is -3.48. The minimum atomic E-state index is -1.09. The van der Waals surface area contributed by atoms with E-state index in [1.807, 2.05) is 24.3 Å². The number of carbonyl (C=O) groups excluding carboxylic acids is 1. The maximum Gasteiger partial charge on any atom is 0.256 e. The lowest BCUT2D eigenvalue weighted by atomic mass is 10.0. The van der Waals surface area contributed by atoms with Crippen LogP contribution >= 0.6 is 0 Å². The van der Waals surface area contributed by atoms with Crippen molar-refractivity contribution in [2.75, 3.05) is 7.05 Å². The van der Waals surface area contributed by atoms with Crippen molar-refractivity contribution in [3.05, 3.63) is 81.9 Å². The van der Waals surface area contributed by atoms with E-state index in [9.17, 15) is 18.4 Å². The van der Waals surface area contributed by atoms with Crippen molar-refractivity contribution in [2.45, 2.75) is 13.0 Å². The zero-order valence-corrected chi connectivity index (χ0v) is 15.2. The minimum Gasteiger partial charge on any atom is -0.360 e. The summed E-state index contributed by atoms with van der Waals surface area (Å²) < 4.78 is 27.4. The van der Waals surface area contributed by atoms with Crippen LogP contribution in [-0.4, -0.2) is 27.8 Å². The number of amides is 1.